The predicted octanol–water partition coefficient (Wildman–Crippen LogP) is 3.16. The molecule has 9 heteroatoms. The topological polar surface area (TPSA) is 81.8 Å². The molecule has 4 rings (SSSR count). The van der Waals surface area contributed by atoms with Gasteiger partial charge in [0.25, 0.3) is 0 Å². The Kier molecular flexibility index (Phi) is 5.82. The average molecular weight is 432 g/mol. The Morgan fingerprint density at radius 3 is 2.59 bits per heavy atom. The third-order valence-corrected chi connectivity index (χ3v) is 6.60. The van der Waals surface area contributed by atoms with E-state index in [0.717, 1.165) is 37.7 Å². The predicted molar refractivity (Wildman–Crippen MR) is 113 cm³/mol. The van der Waals surface area contributed by atoms with Crippen molar-refractivity contribution in [3.63, 3.8) is 0 Å². The van der Waals surface area contributed by atoms with E-state index < -0.39 is 5.41 Å². The van der Waals surface area contributed by atoms with Crippen LogP contribution in [0.25, 0.3) is 5.00 Å². The molecule has 29 heavy (non-hydrogen) atoms. The summed E-state index contributed by atoms with van der Waals surface area (Å²) in [4.78, 5) is 25.6. The summed E-state index contributed by atoms with van der Waals surface area (Å²) in [5, 5.41) is 14.1. The highest BCUT2D eigenvalue weighted by Crippen LogP contribution is 2.40. The molecule has 1 fully saturated rings. The van der Waals surface area contributed by atoms with Gasteiger partial charge >= 0.3 is 5.69 Å². The van der Waals surface area contributed by atoms with Gasteiger partial charge in [0.15, 0.2) is 0 Å². The number of thiophene rings is 1. The van der Waals surface area contributed by atoms with Gasteiger partial charge in [-0.2, -0.15) is 9.36 Å². The monoisotopic (exact) mass is 431 g/mol. The fraction of sp³-hybridized carbons (Fsp3) is 0.400. The van der Waals surface area contributed by atoms with Gasteiger partial charge < -0.3 is 5.32 Å². The Morgan fingerprint density at radius 1 is 1.14 bits per heavy atom. The lowest BCUT2D eigenvalue weighted by atomic mass is 9.68. The molecule has 1 aromatic carbocycles. The second-order valence-corrected chi connectivity index (χ2v) is 8.62. The van der Waals surface area contributed by atoms with Crippen LogP contribution in [0.4, 0.5) is 0 Å². The van der Waals surface area contributed by atoms with Crippen molar-refractivity contribution in [2.75, 3.05) is 6.54 Å². The molecule has 0 bridgehead atoms. The maximum absolute atomic E-state index is 13.2. The number of nitrogens with one attached hydrogen (secondary N) is 1. The molecule has 1 N–H and O–H groups in total. The van der Waals surface area contributed by atoms with Crippen molar-refractivity contribution in [1.29, 1.82) is 0 Å². The zero-order chi connectivity index (χ0) is 20.3. The SMILES string of the molecule is O=C(NCCn1nnn(-c2cccs2)c1=O)C1(c2ccc(Cl)cc2)CCCCC1. The largest absolute Gasteiger partial charge is 0.369 e. The third kappa shape index (κ3) is 4.00. The number of carbonyl (C=O) groups is 1. The lowest BCUT2D eigenvalue weighted by Gasteiger charge is -2.36. The van der Waals surface area contributed by atoms with Gasteiger partial charge in [0, 0.05) is 11.6 Å². The number of benzene rings is 1. The molecular weight excluding hydrogens is 410 g/mol. The van der Waals surface area contributed by atoms with Crippen LogP contribution >= 0.6 is 22.9 Å². The van der Waals surface area contributed by atoms with Gasteiger partial charge in [-0.05, 0) is 58.5 Å². The van der Waals surface area contributed by atoms with Crippen LogP contribution in [0, 0.1) is 0 Å². The van der Waals surface area contributed by atoms with Gasteiger partial charge in [0.1, 0.15) is 5.00 Å². The van der Waals surface area contributed by atoms with Crippen molar-refractivity contribution in [3.8, 4) is 5.00 Å². The van der Waals surface area contributed by atoms with Gasteiger partial charge in [-0.15, -0.1) is 11.3 Å². The van der Waals surface area contributed by atoms with Crippen molar-refractivity contribution in [2.24, 2.45) is 0 Å². The minimum Gasteiger partial charge on any atom is -0.353 e. The zero-order valence-electron chi connectivity index (χ0n) is 15.9. The van der Waals surface area contributed by atoms with E-state index in [4.69, 9.17) is 11.6 Å². The first-order valence-corrected chi connectivity index (χ1v) is 11.0. The van der Waals surface area contributed by atoms with E-state index in [9.17, 15) is 9.59 Å². The molecule has 0 atom stereocenters. The minimum atomic E-state index is -0.539. The van der Waals surface area contributed by atoms with Crippen LogP contribution in [0.1, 0.15) is 37.7 Å². The molecule has 3 aromatic rings. The highest BCUT2D eigenvalue weighted by Gasteiger charge is 2.40. The lowest BCUT2D eigenvalue weighted by Crippen LogP contribution is -2.47. The minimum absolute atomic E-state index is 0.00165. The second-order valence-electron chi connectivity index (χ2n) is 7.25. The lowest BCUT2D eigenvalue weighted by molar-refractivity contribution is -0.128. The summed E-state index contributed by atoms with van der Waals surface area (Å²) < 4.78 is 2.54. The molecule has 2 aromatic heterocycles. The van der Waals surface area contributed by atoms with Crippen molar-refractivity contribution in [2.45, 2.75) is 44.1 Å². The number of nitrogens with zero attached hydrogens (tertiary/aromatic N) is 4. The highest BCUT2D eigenvalue weighted by molar-refractivity contribution is 7.12. The fourth-order valence-electron chi connectivity index (χ4n) is 3.96. The molecule has 0 aliphatic heterocycles. The van der Waals surface area contributed by atoms with Crippen LogP contribution in [0.3, 0.4) is 0 Å². The first-order valence-electron chi connectivity index (χ1n) is 9.71. The van der Waals surface area contributed by atoms with Crippen LogP contribution in [-0.4, -0.2) is 32.2 Å². The zero-order valence-corrected chi connectivity index (χ0v) is 17.5. The Morgan fingerprint density at radius 2 is 1.90 bits per heavy atom. The van der Waals surface area contributed by atoms with E-state index in [1.807, 2.05) is 41.8 Å². The van der Waals surface area contributed by atoms with Gasteiger partial charge in [0.2, 0.25) is 5.91 Å². The summed E-state index contributed by atoms with van der Waals surface area (Å²) in [7, 11) is 0. The number of amides is 1. The Labute approximate surface area is 177 Å². The van der Waals surface area contributed by atoms with Crippen LogP contribution in [-0.2, 0) is 16.8 Å². The fourth-order valence-corrected chi connectivity index (χ4v) is 4.75. The van der Waals surface area contributed by atoms with Crippen molar-refractivity contribution in [1.82, 2.24) is 25.1 Å². The number of tetrazole rings is 1. The second kappa shape index (κ2) is 8.51. The number of halogens is 1. The van der Waals surface area contributed by atoms with Crippen molar-refractivity contribution >= 4 is 28.8 Å². The molecule has 0 saturated heterocycles. The van der Waals surface area contributed by atoms with E-state index >= 15 is 0 Å². The van der Waals surface area contributed by atoms with E-state index in [0.29, 0.717) is 16.6 Å². The van der Waals surface area contributed by atoms with Gasteiger partial charge in [-0.25, -0.2) is 4.79 Å². The molecule has 1 amide bonds. The van der Waals surface area contributed by atoms with Crippen LogP contribution in [0.2, 0.25) is 5.02 Å². The summed E-state index contributed by atoms with van der Waals surface area (Å²) in [6.07, 6.45) is 4.81. The van der Waals surface area contributed by atoms with Crippen LogP contribution in [0.15, 0.2) is 46.6 Å². The van der Waals surface area contributed by atoms with Crippen molar-refractivity contribution in [3.05, 3.63) is 62.8 Å². The van der Waals surface area contributed by atoms with E-state index in [2.05, 4.69) is 15.7 Å². The van der Waals surface area contributed by atoms with Gasteiger partial charge in [-0.3, -0.25) is 4.79 Å². The first kappa shape index (κ1) is 19.8. The normalized spacial score (nSPS) is 15.9. The molecule has 0 unspecified atom stereocenters. The maximum atomic E-state index is 13.2. The molecule has 7 nitrogen and oxygen atoms in total. The molecule has 2 heterocycles. The summed E-state index contributed by atoms with van der Waals surface area (Å²) >= 11 is 7.45. The molecule has 1 saturated carbocycles. The summed E-state index contributed by atoms with van der Waals surface area (Å²) in [5.41, 5.74) is 0.147. The molecule has 1 aliphatic carbocycles. The average Bonchev–Trinajstić information content (AvgIpc) is 3.39. The molecule has 152 valence electrons. The number of hydrogen-bond donors (Lipinski definition) is 1. The Bertz CT molecular complexity index is 1020. The molecule has 1 aliphatic rings. The van der Waals surface area contributed by atoms with Crippen LogP contribution in [0.5, 0.6) is 0 Å². The third-order valence-electron chi connectivity index (χ3n) is 5.50. The first-order chi connectivity index (χ1) is 14.1. The van der Waals surface area contributed by atoms with Crippen LogP contribution < -0.4 is 11.0 Å². The maximum Gasteiger partial charge on any atom is 0.369 e. The van der Waals surface area contributed by atoms with Gasteiger partial charge in [-0.1, -0.05) is 43.0 Å². The van der Waals surface area contributed by atoms with E-state index in [1.54, 1.807) is 0 Å². The molecular formula is C20H22ClN5O2S. The smallest absolute Gasteiger partial charge is 0.353 e. The number of carbonyl (C=O) groups excluding carboxylic acids is 1. The number of hydrogen-bond acceptors (Lipinski definition) is 5. The Balaban J connectivity index is 1.45. The quantitative estimate of drug-likeness (QED) is 0.650. The molecule has 0 radical (unpaired) electrons. The standard InChI is InChI=1S/C20H22ClN5O2S/c21-16-8-6-15(7-9-16)20(10-2-1-3-11-20)18(27)22-12-13-25-19(28)26(24-23-25)17-5-4-14-29-17/h4-9,14H,1-3,10-13H2,(H,22,27). The molecule has 0 spiro atoms. The number of aromatic nitrogens is 4. The summed E-state index contributed by atoms with van der Waals surface area (Å²) in [5.74, 6) is -0.00165. The van der Waals surface area contributed by atoms with E-state index in [-0.39, 0.29) is 18.1 Å². The van der Waals surface area contributed by atoms with Crippen molar-refractivity contribution < 1.29 is 4.79 Å². The highest BCUT2D eigenvalue weighted by atomic mass is 35.5. The summed E-state index contributed by atoms with van der Waals surface area (Å²) in [6, 6.07) is 11.2. The number of rotatable bonds is 6. The van der Waals surface area contributed by atoms with E-state index in [1.165, 1.54) is 20.7 Å². The Hall–Kier alpha value is -2.45. The summed E-state index contributed by atoms with van der Waals surface area (Å²) in [6.45, 7) is 0.587. The van der Waals surface area contributed by atoms with Gasteiger partial charge in [0.05, 0.1) is 12.0 Å².